The van der Waals surface area contributed by atoms with E-state index in [0.29, 0.717) is 10.1 Å². The molecule has 0 aromatic carbocycles. The Hall–Kier alpha value is -0.950. The summed E-state index contributed by atoms with van der Waals surface area (Å²) in [6.45, 7) is 0. The van der Waals surface area contributed by atoms with Gasteiger partial charge in [0.05, 0.1) is 0 Å². The van der Waals surface area contributed by atoms with Crippen molar-refractivity contribution in [1.29, 1.82) is 0 Å². The summed E-state index contributed by atoms with van der Waals surface area (Å²) in [6, 6.07) is 0. The zero-order chi connectivity index (χ0) is 10.7. The van der Waals surface area contributed by atoms with E-state index in [1.54, 1.807) is 12.5 Å². The summed E-state index contributed by atoms with van der Waals surface area (Å²) in [7, 11) is 0. The maximum absolute atomic E-state index is 10.9. The van der Waals surface area contributed by atoms with Gasteiger partial charge in [-0.25, -0.2) is 14.8 Å². The van der Waals surface area contributed by atoms with Crippen LogP contribution in [0, 0.1) is 0 Å². The van der Waals surface area contributed by atoms with Gasteiger partial charge in [0.25, 0.3) is 0 Å². The first-order chi connectivity index (χ1) is 6.60. The molecule has 76 valence electrons. The van der Waals surface area contributed by atoms with Crippen molar-refractivity contribution in [1.82, 2.24) is 9.97 Å². The Morgan fingerprint density at radius 1 is 1.29 bits per heavy atom. The predicted molar refractivity (Wildman–Crippen MR) is 57.0 cm³/mol. The minimum absolute atomic E-state index is 0.101. The van der Waals surface area contributed by atoms with E-state index in [9.17, 15) is 4.79 Å². The van der Waals surface area contributed by atoms with Crippen molar-refractivity contribution < 1.29 is 9.90 Å². The molecule has 3 N–H and O–H groups in total. The van der Waals surface area contributed by atoms with E-state index < -0.39 is 5.97 Å². The van der Waals surface area contributed by atoms with Gasteiger partial charge in [0.2, 0.25) is 5.95 Å². The van der Waals surface area contributed by atoms with Crippen molar-refractivity contribution in [3.63, 3.8) is 0 Å². The highest BCUT2D eigenvalue weighted by Crippen LogP contribution is 2.26. The van der Waals surface area contributed by atoms with Gasteiger partial charge in [0.15, 0.2) is 0 Å². The molecular formula is C7H9N3O2S2. The maximum Gasteiger partial charge on any atom is 0.341 e. The maximum atomic E-state index is 10.9. The molecule has 0 fully saturated rings. The smallest absolute Gasteiger partial charge is 0.341 e. The summed E-state index contributed by atoms with van der Waals surface area (Å²) in [5.41, 5.74) is 5.56. The Morgan fingerprint density at radius 3 is 2.00 bits per heavy atom. The van der Waals surface area contributed by atoms with E-state index in [0.717, 1.165) is 0 Å². The van der Waals surface area contributed by atoms with E-state index in [1.165, 1.54) is 23.5 Å². The van der Waals surface area contributed by atoms with Gasteiger partial charge in [-0.1, -0.05) is 0 Å². The first-order valence-electron chi connectivity index (χ1n) is 3.59. The number of carboxylic acids is 1. The Kier molecular flexibility index (Phi) is 3.59. The topological polar surface area (TPSA) is 89.1 Å². The highest BCUT2D eigenvalue weighted by atomic mass is 32.2. The van der Waals surface area contributed by atoms with E-state index >= 15 is 0 Å². The van der Waals surface area contributed by atoms with Gasteiger partial charge in [-0.3, -0.25) is 0 Å². The minimum atomic E-state index is -1.03. The van der Waals surface area contributed by atoms with Crippen LogP contribution in [0.3, 0.4) is 0 Å². The van der Waals surface area contributed by atoms with Crippen LogP contribution in [-0.2, 0) is 0 Å². The fraction of sp³-hybridized carbons (Fsp3) is 0.286. The molecule has 0 aliphatic carbocycles. The lowest BCUT2D eigenvalue weighted by Crippen LogP contribution is -2.08. The molecule has 0 amide bonds. The molecule has 7 heteroatoms. The fourth-order valence-electron chi connectivity index (χ4n) is 0.915. The summed E-state index contributed by atoms with van der Waals surface area (Å²) >= 11 is 2.48. The number of hydrogen-bond acceptors (Lipinski definition) is 6. The first-order valence-corrected chi connectivity index (χ1v) is 6.04. The molecule has 0 aliphatic heterocycles. The number of anilines is 1. The van der Waals surface area contributed by atoms with Crippen LogP contribution in [0.25, 0.3) is 0 Å². The Morgan fingerprint density at radius 2 is 1.71 bits per heavy atom. The zero-order valence-electron chi connectivity index (χ0n) is 7.64. The molecule has 0 atom stereocenters. The Labute approximate surface area is 89.5 Å². The van der Waals surface area contributed by atoms with Crippen LogP contribution in [-0.4, -0.2) is 33.6 Å². The Balaban J connectivity index is 3.40. The van der Waals surface area contributed by atoms with Gasteiger partial charge in [-0.05, 0) is 12.5 Å². The summed E-state index contributed by atoms with van der Waals surface area (Å²) in [6.07, 6.45) is 3.50. The number of aromatic nitrogens is 2. The van der Waals surface area contributed by atoms with Crippen LogP contribution in [0.1, 0.15) is 10.4 Å². The SMILES string of the molecule is CSc1nc(N)nc(SC)c1C(=O)O. The quantitative estimate of drug-likeness (QED) is 0.596. The predicted octanol–water partition coefficient (Wildman–Crippen LogP) is 1.20. The highest BCUT2D eigenvalue weighted by molar-refractivity contribution is 7.99. The van der Waals surface area contributed by atoms with Crippen LogP contribution >= 0.6 is 23.5 Å². The van der Waals surface area contributed by atoms with Gasteiger partial charge < -0.3 is 10.8 Å². The number of carboxylic acid groups (broad SMARTS) is 1. The molecule has 0 unspecified atom stereocenters. The normalized spacial score (nSPS) is 10.1. The number of rotatable bonds is 3. The third-order valence-electron chi connectivity index (χ3n) is 1.46. The van der Waals surface area contributed by atoms with Crippen molar-refractivity contribution in [3.05, 3.63) is 5.56 Å². The summed E-state index contributed by atoms with van der Waals surface area (Å²) in [5.74, 6) is -0.928. The standard InChI is InChI=1S/C7H9N3O2S2/c1-13-4-3(6(11)12)5(14-2)10-7(8)9-4/h1-2H3,(H,11,12)(H2,8,9,10). The molecule has 0 saturated heterocycles. The number of carbonyl (C=O) groups is 1. The number of nitrogen functional groups attached to an aromatic ring is 1. The molecule has 1 heterocycles. The number of nitrogens with two attached hydrogens (primary N) is 1. The van der Waals surface area contributed by atoms with Crippen LogP contribution < -0.4 is 5.73 Å². The van der Waals surface area contributed by atoms with E-state index in [2.05, 4.69) is 9.97 Å². The molecule has 5 nitrogen and oxygen atoms in total. The molecule has 0 spiro atoms. The van der Waals surface area contributed by atoms with Crippen molar-refractivity contribution in [2.75, 3.05) is 18.2 Å². The molecule has 1 rings (SSSR count). The van der Waals surface area contributed by atoms with Crippen molar-refractivity contribution in [3.8, 4) is 0 Å². The van der Waals surface area contributed by atoms with Crippen molar-refractivity contribution in [2.24, 2.45) is 0 Å². The fourth-order valence-corrected chi connectivity index (χ4v) is 2.13. The second-order valence-electron chi connectivity index (χ2n) is 2.28. The van der Waals surface area contributed by atoms with Crippen LogP contribution in [0.15, 0.2) is 10.1 Å². The molecule has 0 bridgehead atoms. The number of nitrogens with zero attached hydrogens (tertiary/aromatic N) is 2. The zero-order valence-corrected chi connectivity index (χ0v) is 9.28. The lowest BCUT2D eigenvalue weighted by molar-refractivity contribution is 0.0687. The molecule has 1 aromatic rings. The largest absolute Gasteiger partial charge is 0.477 e. The molecule has 1 aromatic heterocycles. The van der Waals surface area contributed by atoms with Crippen molar-refractivity contribution in [2.45, 2.75) is 10.1 Å². The van der Waals surface area contributed by atoms with Crippen LogP contribution in [0.4, 0.5) is 5.95 Å². The minimum Gasteiger partial charge on any atom is -0.477 e. The average molecular weight is 231 g/mol. The first kappa shape index (κ1) is 11.1. The van der Waals surface area contributed by atoms with Gasteiger partial charge in [0.1, 0.15) is 15.6 Å². The lowest BCUT2D eigenvalue weighted by atomic mass is 10.3. The molecule has 0 aliphatic rings. The third-order valence-corrected chi connectivity index (χ3v) is 2.82. The third kappa shape index (κ3) is 2.10. The molecule has 0 radical (unpaired) electrons. The summed E-state index contributed by atoms with van der Waals surface area (Å²) < 4.78 is 0. The van der Waals surface area contributed by atoms with E-state index in [-0.39, 0.29) is 11.5 Å². The molecule has 0 saturated carbocycles. The number of thioether (sulfide) groups is 2. The van der Waals surface area contributed by atoms with E-state index in [4.69, 9.17) is 10.8 Å². The van der Waals surface area contributed by atoms with Gasteiger partial charge in [-0.15, -0.1) is 23.5 Å². The average Bonchev–Trinajstić information content (AvgIpc) is 2.15. The van der Waals surface area contributed by atoms with Crippen molar-refractivity contribution >= 4 is 35.4 Å². The second-order valence-corrected chi connectivity index (χ2v) is 3.87. The van der Waals surface area contributed by atoms with Gasteiger partial charge in [-0.2, -0.15) is 0 Å². The monoisotopic (exact) mass is 231 g/mol. The summed E-state index contributed by atoms with van der Waals surface area (Å²) in [4.78, 5) is 18.6. The molecule has 14 heavy (non-hydrogen) atoms. The number of aromatic carboxylic acids is 1. The van der Waals surface area contributed by atoms with Crippen LogP contribution in [0.5, 0.6) is 0 Å². The highest BCUT2D eigenvalue weighted by Gasteiger charge is 2.18. The van der Waals surface area contributed by atoms with Gasteiger partial charge in [0, 0.05) is 0 Å². The Bertz CT molecular complexity index is 345. The van der Waals surface area contributed by atoms with Gasteiger partial charge >= 0.3 is 5.97 Å². The lowest BCUT2D eigenvalue weighted by Gasteiger charge is -2.06. The van der Waals surface area contributed by atoms with Crippen LogP contribution in [0.2, 0.25) is 0 Å². The molecular weight excluding hydrogens is 222 g/mol. The number of hydrogen-bond donors (Lipinski definition) is 2. The van der Waals surface area contributed by atoms with E-state index in [1.807, 2.05) is 0 Å². The summed E-state index contributed by atoms with van der Waals surface area (Å²) in [5, 5.41) is 9.75. The second kappa shape index (κ2) is 4.52.